The van der Waals surface area contributed by atoms with Crippen LogP contribution in [-0.4, -0.2) is 15.0 Å². The topological polar surface area (TPSA) is 56.7 Å². The van der Waals surface area contributed by atoms with Crippen molar-refractivity contribution in [2.45, 2.75) is 19.9 Å². The van der Waals surface area contributed by atoms with E-state index in [4.69, 9.17) is 5.73 Å². The maximum Gasteiger partial charge on any atom is 0.165 e. The number of nitrogens with zero attached hydrogens (tertiary/aromatic N) is 3. The molecule has 0 aliphatic heterocycles. The summed E-state index contributed by atoms with van der Waals surface area (Å²) in [6, 6.07) is 0. The lowest BCUT2D eigenvalue weighted by Crippen LogP contribution is -2.01. The molecule has 2 N–H and O–H groups in total. The van der Waals surface area contributed by atoms with Crippen LogP contribution in [0.25, 0.3) is 0 Å². The van der Waals surface area contributed by atoms with Crippen molar-refractivity contribution in [1.82, 2.24) is 15.0 Å². The molecule has 4 nitrogen and oxygen atoms in total. The first-order valence-corrected chi connectivity index (χ1v) is 3.91. The minimum absolute atomic E-state index is 0.512. The van der Waals surface area contributed by atoms with Gasteiger partial charge in [-0.15, -0.1) is 5.10 Å². The van der Waals surface area contributed by atoms with Gasteiger partial charge in [-0.25, -0.2) is 0 Å². The van der Waals surface area contributed by atoms with Crippen LogP contribution in [0.2, 0.25) is 0 Å². The predicted octanol–water partition coefficient (Wildman–Crippen LogP) is 0.516. The van der Waals surface area contributed by atoms with Crippen LogP contribution < -0.4 is 5.73 Å². The monoisotopic (exact) mass is 152 g/mol. The summed E-state index contributed by atoms with van der Waals surface area (Å²) in [7, 11) is 0. The largest absolute Gasteiger partial charge is 0.381 e. The minimum atomic E-state index is 0.512. The molecular formula is C7H12N4. The average Bonchev–Trinajstić information content (AvgIpc) is 2.42. The number of aromatic nitrogens is 3. The van der Waals surface area contributed by atoms with E-state index < -0.39 is 0 Å². The molecule has 0 saturated heterocycles. The van der Waals surface area contributed by atoms with Crippen molar-refractivity contribution in [3.63, 3.8) is 0 Å². The zero-order chi connectivity index (χ0) is 7.84. The fourth-order valence-electron chi connectivity index (χ4n) is 1.30. The molecule has 60 valence electrons. The zero-order valence-corrected chi connectivity index (χ0v) is 6.57. The molecule has 1 aliphatic rings. The Labute approximate surface area is 65.4 Å². The van der Waals surface area contributed by atoms with Crippen molar-refractivity contribution < 1.29 is 0 Å². The summed E-state index contributed by atoms with van der Waals surface area (Å²) in [5.74, 6) is 2.18. The van der Waals surface area contributed by atoms with Gasteiger partial charge in [0.1, 0.15) is 0 Å². The maximum absolute atomic E-state index is 5.41. The second kappa shape index (κ2) is 2.22. The van der Waals surface area contributed by atoms with Crippen molar-refractivity contribution in [3.05, 3.63) is 6.20 Å². The molecule has 0 radical (unpaired) electrons. The molecule has 0 bridgehead atoms. The fourth-order valence-corrected chi connectivity index (χ4v) is 1.30. The quantitative estimate of drug-likeness (QED) is 0.672. The first-order chi connectivity index (χ1) is 5.25. The SMILES string of the molecule is CC1CC1Cn1cc(N)nn1. The number of anilines is 1. The van der Waals surface area contributed by atoms with E-state index in [9.17, 15) is 0 Å². The third-order valence-corrected chi connectivity index (χ3v) is 2.25. The smallest absolute Gasteiger partial charge is 0.165 e. The van der Waals surface area contributed by atoms with Gasteiger partial charge in [0.05, 0.1) is 6.20 Å². The highest BCUT2D eigenvalue weighted by molar-refractivity contribution is 5.19. The Morgan fingerprint density at radius 1 is 1.82 bits per heavy atom. The highest BCUT2D eigenvalue weighted by atomic mass is 15.4. The van der Waals surface area contributed by atoms with Crippen molar-refractivity contribution >= 4 is 5.82 Å². The highest BCUT2D eigenvalue weighted by Gasteiger charge is 2.32. The van der Waals surface area contributed by atoms with Gasteiger partial charge in [0.25, 0.3) is 0 Å². The molecule has 0 amide bonds. The summed E-state index contributed by atoms with van der Waals surface area (Å²) in [5, 5.41) is 7.59. The van der Waals surface area contributed by atoms with Crippen LogP contribution in [0.4, 0.5) is 5.82 Å². The van der Waals surface area contributed by atoms with E-state index in [1.807, 2.05) is 4.68 Å². The molecule has 1 aliphatic carbocycles. The Kier molecular flexibility index (Phi) is 1.34. The molecular weight excluding hydrogens is 140 g/mol. The zero-order valence-electron chi connectivity index (χ0n) is 6.57. The van der Waals surface area contributed by atoms with Crippen LogP contribution in [0.1, 0.15) is 13.3 Å². The second-order valence-corrected chi connectivity index (χ2v) is 3.34. The van der Waals surface area contributed by atoms with E-state index in [1.165, 1.54) is 6.42 Å². The van der Waals surface area contributed by atoms with E-state index in [1.54, 1.807) is 6.20 Å². The molecule has 1 aromatic rings. The summed E-state index contributed by atoms with van der Waals surface area (Å²) < 4.78 is 1.82. The van der Waals surface area contributed by atoms with Crippen LogP contribution in [0.5, 0.6) is 0 Å². The van der Waals surface area contributed by atoms with Gasteiger partial charge in [-0.3, -0.25) is 4.68 Å². The predicted molar refractivity (Wildman–Crippen MR) is 41.7 cm³/mol. The summed E-state index contributed by atoms with van der Waals surface area (Å²) >= 11 is 0. The first-order valence-electron chi connectivity index (χ1n) is 3.91. The molecule has 1 fully saturated rings. The van der Waals surface area contributed by atoms with Gasteiger partial charge < -0.3 is 5.73 Å². The van der Waals surface area contributed by atoms with Gasteiger partial charge in [0, 0.05) is 6.54 Å². The van der Waals surface area contributed by atoms with E-state index in [0.717, 1.165) is 18.4 Å². The lowest BCUT2D eigenvalue weighted by molar-refractivity contribution is 0.524. The van der Waals surface area contributed by atoms with E-state index in [-0.39, 0.29) is 0 Å². The normalized spacial score (nSPS) is 28.8. The van der Waals surface area contributed by atoms with Crippen LogP contribution >= 0.6 is 0 Å². The number of nitrogen functional groups attached to an aromatic ring is 1. The number of rotatable bonds is 2. The molecule has 2 rings (SSSR count). The van der Waals surface area contributed by atoms with E-state index in [2.05, 4.69) is 17.2 Å². The van der Waals surface area contributed by atoms with Gasteiger partial charge >= 0.3 is 0 Å². The van der Waals surface area contributed by atoms with Crippen molar-refractivity contribution in [3.8, 4) is 0 Å². The van der Waals surface area contributed by atoms with Gasteiger partial charge in [0.15, 0.2) is 5.82 Å². The van der Waals surface area contributed by atoms with E-state index >= 15 is 0 Å². The van der Waals surface area contributed by atoms with Crippen molar-refractivity contribution in [2.24, 2.45) is 11.8 Å². The lowest BCUT2D eigenvalue weighted by atomic mass is 10.3. The Morgan fingerprint density at radius 2 is 2.55 bits per heavy atom. The highest BCUT2D eigenvalue weighted by Crippen LogP contribution is 2.38. The Morgan fingerprint density at radius 3 is 3.00 bits per heavy atom. The summed E-state index contributed by atoms with van der Waals surface area (Å²) in [6.07, 6.45) is 3.10. The van der Waals surface area contributed by atoms with Crippen molar-refractivity contribution in [2.75, 3.05) is 5.73 Å². The van der Waals surface area contributed by atoms with Gasteiger partial charge in [-0.1, -0.05) is 12.1 Å². The first kappa shape index (κ1) is 6.64. The Hall–Kier alpha value is -1.06. The van der Waals surface area contributed by atoms with E-state index in [0.29, 0.717) is 5.82 Å². The third kappa shape index (κ3) is 1.34. The van der Waals surface area contributed by atoms with Gasteiger partial charge in [-0.2, -0.15) is 0 Å². The molecule has 2 atom stereocenters. The minimum Gasteiger partial charge on any atom is -0.381 e. The number of hydrogen-bond acceptors (Lipinski definition) is 3. The Balaban J connectivity index is 1.96. The lowest BCUT2D eigenvalue weighted by Gasteiger charge is -1.94. The average molecular weight is 152 g/mol. The fraction of sp³-hybridized carbons (Fsp3) is 0.714. The van der Waals surface area contributed by atoms with Crippen molar-refractivity contribution in [1.29, 1.82) is 0 Å². The maximum atomic E-state index is 5.41. The standard InChI is InChI=1S/C7H12N4/c1-5-2-6(5)3-11-4-7(8)9-10-11/h4-6H,2-3,8H2,1H3. The number of nitrogens with two attached hydrogens (primary N) is 1. The molecule has 1 aromatic heterocycles. The summed E-state index contributed by atoms with van der Waals surface area (Å²) in [5.41, 5.74) is 5.41. The second-order valence-electron chi connectivity index (χ2n) is 3.34. The van der Waals surface area contributed by atoms with Crippen LogP contribution in [-0.2, 0) is 6.54 Å². The molecule has 2 unspecified atom stereocenters. The van der Waals surface area contributed by atoms with Crippen LogP contribution in [0.3, 0.4) is 0 Å². The van der Waals surface area contributed by atoms with Gasteiger partial charge in [-0.05, 0) is 18.3 Å². The van der Waals surface area contributed by atoms with Crippen LogP contribution in [0, 0.1) is 11.8 Å². The molecule has 0 aromatic carbocycles. The third-order valence-electron chi connectivity index (χ3n) is 2.25. The molecule has 11 heavy (non-hydrogen) atoms. The molecule has 1 heterocycles. The molecule has 1 saturated carbocycles. The van der Waals surface area contributed by atoms with Crippen LogP contribution in [0.15, 0.2) is 6.20 Å². The summed E-state index contributed by atoms with van der Waals surface area (Å²) in [6.45, 7) is 3.23. The summed E-state index contributed by atoms with van der Waals surface area (Å²) in [4.78, 5) is 0. The molecule has 0 spiro atoms. The van der Waals surface area contributed by atoms with Gasteiger partial charge in [0.2, 0.25) is 0 Å². The Bertz CT molecular complexity index is 255. The molecule has 4 heteroatoms. The number of hydrogen-bond donors (Lipinski definition) is 1.